The van der Waals surface area contributed by atoms with Gasteiger partial charge in [-0.25, -0.2) is 0 Å². The Labute approximate surface area is 57.8 Å². The smallest absolute Gasteiger partial charge is 0.281 e. The van der Waals surface area contributed by atoms with E-state index in [-0.39, 0.29) is 10.5 Å². The molecule has 0 aromatic rings. The van der Waals surface area contributed by atoms with Crippen LogP contribution in [0.3, 0.4) is 0 Å². The topological polar surface area (TPSA) is 49.3 Å². The Morgan fingerprint density at radius 1 is 1.89 bits per heavy atom. The van der Waals surface area contributed by atoms with Gasteiger partial charge in [-0.2, -0.15) is 0 Å². The minimum absolute atomic E-state index is 0.0532. The Morgan fingerprint density at radius 2 is 2.56 bits per heavy atom. The monoisotopic (exact) mass is 147 g/mol. The van der Waals surface area contributed by atoms with Crippen LogP contribution in [0.1, 0.15) is 13.3 Å². The van der Waals surface area contributed by atoms with Gasteiger partial charge in [-0.1, -0.05) is 18.7 Å². The number of hydrogen-bond acceptors (Lipinski definition) is 3. The molecular formula is C5H9NO2S. The van der Waals surface area contributed by atoms with Crippen molar-refractivity contribution in [3.05, 3.63) is 0 Å². The number of rotatable bonds is 1. The lowest BCUT2D eigenvalue weighted by Gasteiger charge is -2.06. The van der Waals surface area contributed by atoms with Gasteiger partial charge in [0.25, 0.3) is 5.24 Å². The molecule has 4 heteroatoms. The summed E-state index contributed by atoms with van der Waals surface area (Å²) in [7, 11) is 0. The molecule has 52 valence electrons. The Kier molecular flexibility index (Phi) is 1.97. The van der Waals surface area contributed by atoms with Gasteiger partial charge in [-0.3, -0.25) is 4.79 Å². The highest BCUT2D eigenvalue weighted by Gasteiger charge is 2.29. The minimum Gasteiger partial charge on any atom is -0.373 e. The van der Waals surface area contributed by atoms with Gasteiger partial charge in [0.2, 0.25) is 0 Å². The van der Waals surface area contributed by atoms with Gasteiger partial charge >= 0.3 is 0 Å². The number of hydrogen-bond donors (Lipinski definition) is 2. The number of carbonyl (C=O) groups is 1. The van der Waals surface area contributed by atoms with E-state index in [1.54, 1.807) is 0 Å². The van der Waals surface area contributed by atoms with Gasteiger partial charge < -0.3 is 10.4 Å². The number of aliphatic hydroxyl groups is 1. The molecule has 1 saturated heterocycles. The van der Waals surface area contributed by atoms with Crippen molar-refractivity contribution in [1.82, 2.24) is 5.32 Å². The quantitative estimate of drug-likeness (QED) is 0.569. The van der Waals surface area contributed by atoms with E-state index in [0.717, 1.165) is 6.42 Å². The molecule has 9 heavy (non-hydrogen) atoms. The number of carbonyl (C=O) groups excluding carboxylic acids is 1. The van der Waals surface area contributed by atoms with Crippen LogP contribution in [0.4, 0.5) is 4.79 Å². The normalized spacial score (nSPS) is 34.7. The van der Waals surface area contributed by atoms with Gasteiger partial charge in [0.05, 0.1) is 5.25 Å². The van der Waals surface area contributed by atoms with Crippen LogP contribution in [0.15, 0.2) is 0 Å². The van der Waals surface area contributed by atoms with Crippen LogP contribution in [0, 0.1) is 0 Å². The molecule has 0 spiro atoms. The Bertz CT molecular complexity index is 128. The van der Waals surface area contributed by atoms with E-state index in [1.807, 2.05) is 6.92 Å². The van der Waals surface area contributed by atoms with E-state index < -0.39 is 6.23 Å². The Balaban J connectivity index is 2.47. The van der Waals surface area contributed by atoms with Gasteiger partial charge in [-0.15, -0.1) is 0 Å². The first-order chi connectivity index (χ1) is 4.24. The van der Waals surface area contributed by atoms with Crippen molar-refractivity contribution >= 4 is 17.0 Å². The van der Waals surface area contributed by atoms with E-state index in [4.69, 9.17) is 5.11 Å². The van der Waals surface area contributed by atoms with Crippen LogP contribution in [0.25, 0.3) is 0 Å². The molecule has 1 rings (SSSR count). The first-order valence-electron chi connectivity index (χ1n) is 2.89. The molecule has 0 bridgehead atoms. The van der Waals surface area contributed by atoms with Crippen LogP contribution >= 0.6 is 11.8 Å². The predicted octanol–water partition coefficient (Wildman–Crippen LogP) is 0.540. The third-order valence-electron chi connectivity index (χ3n) is 1.28. The summed E-state index contributed by atoms with van der Waals surface area (Å²) < 4.78 is 0. The molecule has 2 N–H and O–H groups in total. The lowest BCUT2D eigenvalue weighted by atomic mass is 10.3. The van der Waals surface area contributed by atoms with Gasteiger partial charge in [0, 0.05) is 0 Å². The second-order valence-corrected chi connectivity index (χ2v) is 3.15. The van der Waals surface area contributed by atoms with Gasteiger partial charge in [0.15, 0.2) is 0 Å². The van der Waals surface area contributed by atoms with Crippen molar-refractivity contribution in [3.8, 4) is 0 Å². The first-order valence-corrected chi connectivity index (χ1v) is 3.77. The summed E-state index contributed by atoms with van der Waals surface area (Å²) in [6.07, 6.45) is 0.192. The highest BCUT2D eigenvalue weighted by molar-refractivity contribution is 8.14. The summed E-state index contributed by atoms with van der Waals surface area (Å²) in [6.45, 7) is 1.95. The molecular weight excluding hydrogens is 138 g/mol. The minimum atomic E-state index is -0.632. The van der Waals surface area contributed by atoms with Crippen molar-refractivity contribution < 1.29 is 9.90 Å². The molecule has 1 amide bonds. The maximum atomic E-state index is 10.5. The molecule has 0 aliphatic carbocycles. The van der Waals surface area contributed by atoms with E-state index in [0.29, 0.717) is 0 Å². The summed E-state index contributed by atoms with van der Waals surface area (Å²) in [6, 6.07) is 0. The van der Waals surface area contributed by atoms with Gasteiger partial charge in [-0.05, 0) is 6.42 Å². The average Bonchev–Trinajstić information content (AvgIpc) is 2.10. The number of thioether (sulfide) groups is 1. The molecule has 0 aromatic carbocycles. The molecule has 0 radical (unpaired) electrons. The molecule has 2 unspecified atom stereocenters. The fourth-order valence-corrected chi connectivity index (χ4v) is 1.58. The SMILES string of the molecule is CCC1SC(=O)NC1O. The maximum Gasteiger partial charge on any atom is 0.281 e. The zero-order valence-electron chi connectivity index (χ0n) is 5.13. The molecule has 1 fully saturated rings. The summed E-state index contributed by atoms with van der Waals surface area (Å²) in [5.74, 6) is 0. The Hall–Kier alpha value is -0.220. The third-order valence-corrected chi connectivity index (χ3v) is 2.50. The molecule has 0 aromatic heterocycles. The van der Waals surface area contributed by atoms with E-state index in [9.17, 15) is 4.79 Å². The molecule has 1 aliphatic heterocycles. The molecule has 1 heterocycles. The fourth-order valence-electron chi connectivity index (χ4n) is 0.756. The summed E-state index contributed by atoms with van der Waals surface area (Å²) in [5, 5.41) is 11.3. The summed E-state index contributed by atoms with van der Waals surface area (Å²) in [4.78, 5) is 10.5. The lowest BCUT2D eigenvalue weighted by Crippen LogP contribution is -2.29. The largest absolute Gasteiger partial charge is 0.373 e. The zero-order valence-corrected chi connectivity index (χ0v) is 5.94. The van der Waals surface area contributed by atoms with E-state index >= 15 is 0 Å². The van der Waals surface area contributed by atoms with Crippen molar-refractivity contribution in [1.29, 1.82) is 0 Å². The number of amides is 1. The fraction of sp³-hybridized carbons (Fsp3) is 0.800. The number of nitrogens with one attached hydrogen (secondary N) is 1. The average molecular weight is 147 g/mol. The second-order valence-electron chi connectivity index (χ2n) is 1.94. The predicted molar refractivity (Wildman–Crippen MR) is 36.2 cm³/mol. The molecule has 0 saturated carbocycles. The molecule has 2 atom stereocenters. The molecule has 1 aliphatic rings. The van der Waals surface area contributed by atoms with Crippen molar-refractivity contribution in [2.45, 2.75) is 24.8 Å². The van der Waals surface area contributed by atoms with Crippen LogP contribution < -0.4 is 5.32 Å². The zero-order chi connectivity index (χ0) is 6.85. The lowest BCUT2D eigenvalue weighted by molar-refractivity contribution is 0.151. The van der Waals surface area contributed by atoms with Crippen molar-refractivity contribution in [3.63, 3.8) is 0 Å². The molecule has 3 nitrogen and oxygen atoms in total. The highest BCUT2D eigenvalue weighted by atomic mass is 32.2. The van der Waals surface area contributed by atoms with Crippen LogP contribution in [-0.2, 0) is 0 Å². The van der Waals surface area contributed by atoms with Gasteiger partial charge in [0.1, 0.15) is 6.23 Å². The third kappa shape index (κ3) is 1.37. The van der Waals surface area contributed by atoms with E-state index in [1.165, 1.54) is 11.8 Å². The van der Waals surface area contributed by atoms with Crippen LogP contribution in [0.5, 0.6) is 0 Å². The first kappa shape index (κ1) is 6.89. The standard InChI is InChI=1S/C5H9NO2S/c1-2-3-4(7)6-5(8)9-3/h3-4,7H,2H2,1H3,(H,6,8). The van der Waals surface area contributed by atoms with Crippen LogP contribution in [-0.4, -0.2) is 21.8 Å². The van der Waals surface area contributed by atoms with Crippen LogP contribution in [0.2, 0.25) is 0 Å². The van der Waals surface area contributed by atoms with Crippen molar-refractivity contribution in [2.24, 2.45) is 0 Å². The maximum absolute atomic E-state index is 10.5. The summed E-state index contributed by atoms with van der Waals surface area (Å²) >= 11 is 1.17. The number of aliphatic hydroxyl groups excluding tert-OH is 1. The summed E-state index contributed by atoms with van der Waals surface area (Å²) in [5.41, 5.74) is 0. The van der Waals surface area contributed by atoms with E-state index in [2.05, 4.69) is 5.32 Å². The second kappa shape index (κ2) is 2.58. The Morgan fingerprint density at radius 3 is 2.78 bits per heavy atom. The van der Waals surface area contributed by atoms with Crippen molar-refractivity contribution in [2.75, 3.05) is 0 Å². The highest BCUT2D eigenvalue weighted by Crippen LogP contribution is 2.23.